The maximum Gasteiger partial charge on any atom is 0.305 e. The van der Waals surface area contributed by atoms with Crippen LogP contribution in [0.2, 0.25) is 0 Å². The summed E-state index contributed by atoms with van der Waals surface area (Å²) in [4.78, 5) is 26.3. The van der Waals surface area contributed by atoms with Gasteiger partial charge in [0.05, 0.1) is 6.54 Å². The van der Waals surface area contributed by atoms with Gasteiger partial charge in [0.2, 0.25) is 5.91 Å². The Labute approximate surface area is 183 Å². The van der Waals surface area contributed by atoms with Crippen LogP contribution >= 0.6 is 21.6 Å². The molecule has 1 atom stereocenters. The van der Waals surface area contributed by atoms with Crippen molar-refractivity contribution in [2.45, 2.75) is 58.1 Å². The average molecular weight is 439 g/mol. The van der Waals surface area contributed by atoms with E-state index in [0.29, 0.717) is 26.1 Å². The highest BCUT2D eigenvalue weighted by atomic mass is 33.1. The first-order valence-corrected chi connectivity index (χ1v) is 12.9. The molecule has 0 unspecified atom stereocenters. The number of esters is 1. The van der Waals surface area contributed by atoms with Gasteiger partial charge in [-0.05, 0) is 50.8 Å². The van der Waals surface area contributed by atoms with Crippen LogP contribution in [0.3, 0.4) is 0 Å². The molecule has 1 aromatic rings. The molecule has 0 bridgehead atoms. The van der Waals surface area contributed by atoms with Gasteiger partial charge in [-0.2, -0.15) is 0 Å². The van der Waals surface area contributed by atoms with E-state index in [1.54, 1.807) is 0 Å². The Hall–Kier alpha value is -1.18. The number of hydrogen-bond acceptors (Lipinski definition) is 6. The Bertz CT molecular complexity index is 643. The van der Waals surface area contributed by atoms with Crippen LogP contribution in [0.5, 0.6) is 0 Å². The first-order valence-electron chi connectivity index (χ1n) is 10.5. The third-order valence-corrected chi connectivity index (χ3v) is 8.12. The van der Waals surface area contributed by atoms with Crippen molar-refractivity contribution < 1.29 is 14.3 Å². The number of carbonyl (C=O) groups excluding carboxylic acids is 2. The van der Waals surface area contributed by atoms with E-state index >= 15 is 0 Å². The zero-order valence-corrected chi connectivity index (χ0v) is 19.5. The molecule has 1 heterocycles. The van der Waals surface area contributed by atoms with Crippen LogP contribution in [-0.4, -0.2) is 54.0 Å². The third kappa shape index (κ3) is 9.01. The maximum atomic E-state index is 12.4. The number of likely N-dealkylation sites (N-methyl/N-ethyl adjacent to an activating group) is 1. The van der Waals surface area contributed by atoms with Crippen molar-refractivity contribution in [2.75, 3.05) is 37.3 Å². The van der Waals surface area contributed by atoms with E-state index in [-0.39, 0.29) is 11.9 Å². The zero-order chi connectivity index (χ0) is 21.1. The third-order valence-electron chi connectivity index (χ3n) is 5.11. The molecule has 1 saturated heterocycles. The summed E-state index contributed by atoms with van der Waals surface area (Å²) in [6.45, 7) is 7.91. The minimum Gasteiger partial charge on any atom is -0.464 e. The molecule has 0 radical (unpaired) electrons. The summed E-state index contributed by atoms with van der Waals surface area (Å²) >= 11 is 0. The number of nitrogens with one attached hydrogen (secondary N) is 1. The summed E-state index contributed by atoms with van der Waals surface area (Å²) in [7, 11) is 3.95. The Morgan fingerprint density at radius 1 is 1.24 bits per heavy atom. The zero-order valence-electron chi connectivity index (χ0n) is 17.9. The molecule has 0 aliphatic carbocycles. The highest BCUT2D eigenvalue weighted by molar-refractivity contribution is 8.77. The minimum atomic E-state index is -0.130. The summed E-state index contributed by atoms with van der Waals surface area (Å²) in [5.41, 5.74) is 3.00. The van der Waals surface area contributed by atoms with Crippen LogP contribution in [0, 0.1) is 13.8 Å². The first kappa shape index (κ1) is 24.1. The molecular weight excluding hydrogens is 404 g/mol. The van der Waals surface area contributed by atoms with E-state index in [1.165, 1.54) is 18.6 Å². The molecule has 29 heavy (non-hydrogen) atoms. The lowest BCUT2D eigenvalue weighted by Gasteiger charge is -2.20. The van der Waals surface area contributed by atoms with Crippen molar-refractivity contribution >= 4 is 39.2 Å². The molecule has 1 aromatic carbocycles. The van der Waals surface area contributed by atoms with Gasteiger partial charge in [-0.3, -0.25) is 14.5 Å². The molecule has 1 aliphatic heterocycles. The number of para-hydroxylation sites is 1. The quantitative estimate of drug-likeness (QED) is 0.287. The summed E-state index contributed by atoms with van der Waals surface area (Å²) in [6.07, 6.45) is 4.97. The Morgan fingerprint density at radius 3 is 2.66 bits per heavy atom. The standard InChI is InChI=1S/C22H34N2O3S2/c1-4-24(16-20(25)23-22-17(2)8-7-9-18(22)3)13-14-27-21(26)11-6-5-10-19-12-15-28-29-19/h7-9,19H,4-6,10-16H2,1-3H3,(H,23,25)/t19-/m1/s1. The minimum absolute atomic E-state index is 0.0430. The van der Waals surface area contributed by atoms with E-state index in [4.69, 9.17) is 4.74 Å². The number of anilines is 1. The SMILES string of the molecule is CCN(CCOC(=O)CCCC[C@@H]1CCSS1)CC(=O)Nc1c(C)cccc1C. The molecule has 7 heteroatoms. The second-order valence-corrected chi connectivity index (χ2v) is 10.3. The van der Waals surface area contributed by atoms with Crippen LogP contribution in [0.4, 0.5) is 5.69 Å². The van der Waals surface area contributed by atoms with Gasteiger partial charge in [0.15, 0.2) is 0 Å². The van der Waals surface area contributed by atoms with Crippen molar-refractivity contribution in [1.29, 1.82) is 0 Å². The number of nitrogens with zero attached hydrogens (tertiary/aromatic N) is 1. The van der Waals surface area contributed by atoms with Crippen LogP contribution < -0.4 is 5.32 Å². The van der Waals surface area contributed by atoms with Gasteiger partial charge in [-0.1, -0.05) is 53.1 Å². The van der Waals surface area contributed by atoms with E-state index in [1.807, 2.05) is 65.5 Å². The van der Waals surface area contributed by atoms with Gasteiger partial charge in [-0.25, -0.2) is 0 Å². The molecule has 0 spiro atoms. The van der Waals surface area contributed by atoms with Crippen molar-refractivity contribution in [3.63, 3.8) is 0 Å². The van der Waals surface area contributed by atoms with Gasteiger partial charge in [0.1, 0.15) is 6.61 Å². The van der Waals surface area contributed by atoms with Gasteiger partial charge in [0, 0.05) is 29.7 Å². The van der Waals surface area contributed by atoms with Gasteiger partial charge in [-0.15, -0.1) is 0 Å². The molecule has 0 aromatic heterocycles. The Balaban J connectivity index is 1.61. The lowest BCUT2D eigenvalue weighted by Crippen LogP contribution is -2.36. The predicted octanol–water partition coefficient (Wildman–Crippen LogP) is 4.82. The van der Waals surface area contributed by atoms with Crippen molar-refractivity contribution in [2.24, 2.45) is 0 Å². The van der Waals surface area contributed by atoms with Crippen LogP contribution in [-0.2, 0) is 14.3 Å². The van der Waals surface area contributed by atoms with Crippen LogP contribution in [0.1, 0.15) is 50.2 Å². The lowest BCUT2D eigenvalue weighted by molar-refractivity contribution is -0.144. The number of benzene rings is 1. The molecule has 1 N–H and O–H groups in total. The largest absolute Gasteiger partial charge is 0.464 e. The smallest absolute Gasteiger partial charge is 0.305 e. The summed E-state index contributed by atoms with van der Waals surface area (Å²) in [6, 6.07) is 5.97. The highest BCUT2D eigenvalue weighted by Gasteiger charge is 2.16. The van der Waals surface area contributed by atoms with Crippen molar-refractivity contribution in [3.05, 3.63) is 29.3 Å². The summed E-state index contributed by atoms with van der Waals surface area (Å²) < 4.78 is 5.36. The fourth-order valence-electron chi connectivity index (χ4n) is 3.31. The number of carbonyl (C=O) groups is 2. The molecular formula is C22H34N2O3S2. The van der Waals surface area contributed by atoms with E-state index in [9.17, 15) is 9.59 Å². The number of hydrogen-bond donors (Lipinski definition) is 1. The predicted molar refractivity (Wildman–Crippen MR) is 125 cm³/mol. The summed E-state index contributed by atoms with van der Waals surface area (Å²) in [5, 5.41) is 3.78. The maximum absolute atomic E-state index is 12.4. The van der Waals surface area contributed by atoms with E-state index in [2.05, 4.69) is 5.32 Å². The first-order chi connectivity index (χ1) is 14.0. The van der Waals surface area contributed by atoms with Crippen molar-refractivity contribution in [1.82, 2.24) is 4.90 Å². The lowest BCUT2D eigenvalue weighted by atomic mass is 10.1. The highest BCUT2D eigenvalue weighted by Crippen LogP contribution is 2.39. The Kier molecular flexibility index (Phi) is 11.0. The second kappa shape index (κ2) is 13.2. The fraction of sp³-hybridized carbons (Fsp3) is 0.636. The van der Waals surface area contributed by atoms with E-state index < -0.39 is 0 Å². The fourth-order valence-corrected chi connectivity index (χ4v) is 6.34. The van der Waals surface area contributed by atoms with Gasteiger partial charge >= 0.3 is 5.97 Å². The molecule has 5 nitrogen and oxygen atoms in total. The van der Waals surface area contributed by atoms with Crippen molar-refractivity contribution in [3.8, 4) is 0 Å². The summed E-state index contributed by atoms with van der Waals surface area (Å²) in [5.74, 6) is 1.08. The number of amides is 1. The number of aryl methyl sites for hydroxylation is 2. The topological polar surface area (TPSA) is 58.6 Å². The van der Waals surface area contributed by atoms with Crippen LogP contribution in [0.25, 0.3) is 0 Å². The molecule has 2 rings (SSSR count). The normalized spacial score (nSPS) is 16.2. The molecule has 162 valence electrons. The molecule has 1 amide bonds. The number of ether oxygens (including phenoxy) is 1. The monoisotopic (exact) mass is 438 g/mol. The second-order valence-electron chi connectivity index (χ2n) is 7.48. The van der Waals surface area contributed by atoms with Gasteiger partial charge in [0.25, 0.3) is 0 Å². The van der Waals surface area contributed by atoms with Crippen LogP contribution in [0.15, 0.2) is 18.2 Å². The average Bonchev–Trinajstić information content (AvgIpc) is 3.21. The van der Waals surface area contributed by atoms with E-state index in [0.717, 1.165) is 41.5 Å². The molecule has 0 saturated carbocycles. The number of unbranched alkanes of at least 4 members (excludes halogenated alkanes) is 1. The molecule has 1 fully saturated rings. The molecule has 1 aliphatic rings. The number of rotatable bonds is 12. The Morgan fingerprint density at radius 2 is 2.00 bits per heavy atom. The van der Waals surface area contributed by atoms with Gasteiger partial charge < -0.3 is 10.1 Å².